The van der Waals surface area contributed by atoms with Gasteiger partial charge in [-0.3, -0.25) is 0 Å². The summed E-state index contributed by atoms with van der Waals surface area (Å²) in [5, 5.41) is 2.74. The average Bonchev–Trinajstić information content (AvgIpc) is 3.45. The first kappa shape index (κ1) is 15.8. The van der Waals surface area contributed by atoms with Gasteiger partial charge in [0.1, 0.15) is 0 Å². The summed E-state index contributed by atoms with van der Waals surface area (Å²) >= 11 is 0. The minimum atomic E-state index is 0.292. The molecule has 25 heavy (non-hydrogen) atoms. The van der Waals surface area contributed by atoms with Crippen molar-refractivity contribution >= 4 is 10.8 Å². The van der Waals surface area contributed by atoms with E-state index in [9.17, 15) is 0 Å². The molecule has 3 nitrogen and oxygen atoms in total. The zero-order valence-corrected chi connectivity index (χ0v) is 14.7. The Kier molecular flexibility index (Phi) is 4.04. The van der Waals surface area contributed by atoms with Crippen LogP contribution in [0.25, 0.3) is 10.8 Å². The number of ether oxygens (including phenoxy) is 3. The van der Waals surface area contributed by atoms with Crippen LogP contribution in [0.2, 0.25) is 0 Å². The number of hydrogen-bond donors (Lipinski definition) is 0. The molecule has 3 aliphatic rings. The first-order valence-corrected chi connectivity index (χ1v) is 9.61. The highest BCUT2D eigenvalue weighted by Crippen LogP contribution is 2.46. The lowest BCUT2D eigenvalue weighted by Gasteiger charge is -2.33. The minimum absolute atomic E-state index is 0.292. The van der Waals surface area contributed by atoms with Crippen LogP contribution < -0.4 is 0 Å². The Balaban J connectivity index is 1.38. The molecule has 0 amide bonds. The van der Waals surface area contributed by atoms with Crippen molar-refractivity contribution in [2.75, 3.05) is 19.8 Å². The molecule has 0 aliphatic carbocycles. The molecule has 0 saturated carbocycles. The molecule has 2 aromatic carbocycles. The van der Waals surface area contributed by atoms with E-state index in [0.717, 1.165) is 45.5 Å². The molecule has 0 radical (unpaired) electrons. The van der Waals surface area contributed by atoms with Crippen LogP contribution in [0.5, 0.6) is 0 Å². The predicted octanol–water partition coefficient (Wildman–Crippen LogP) is 4.13. The average molecular weight is 338 g/mol. The Labute approximate surface area is 149 Å². The third-order valence-electron chi connectivity index (χ3n) is 5.99. The quantitative estimate of drug-likeness (QED) is 0.645. The van der Waals surface area contributed by atoms with E-state index < -0.39 is 0 Å². The SMILES string of the molecule is c1ccc2c(CCC(CC3CO3)(CC3CO3)CC3CO3)cccc2c1. The normalized spacial score (nSPS) is 29.4. The molecule has 3 fully saturated rings. The first-order chi connectivity index (χ1) is 12.3. The van der Waals surface area contributed by atoms with Crippen molar-refractivity contribution in [3.8, 4) is 0 Å². The largest absolute Gasteiger partial charge is 0.373 e. The summed E-state index contributed by atoms with van der Waals surface area (Å²) in [5.41, 5.74) is 1.76. The van der Waals surface area contributed by atoms with Crippen LogP contribution in [-0.2, 0) is 20.6 Å². The van der Waals surface area contributed by atoms with Crippen LogP contribution >= 0.6 is 0 Å². The van der Waals surface area contributed by atoms with E-state index in [0.29, 0.717) is 23.7 Å². The van der Waals surface area contributed by atoms with E-state index >= 15 is 0 Å². The molecule has 3 heterocycles. The molecule has 3 aliphatic heterocycles. The van der Waals surface area contributed by atoms with Gasteiger partial charge < -0.3 is 14.2 Å². The molecule has 0 spiro atoms. The molecular formula is C22H26O3. The fraction of sp³-hybridized carbons (Fsp3) is 0.545. The van der Waals surface area contributed by atoms with Crippen molar-refractivity contribution in [2.45, 2.75) is 50.4 Å². The van der Waals surface area contributed by atoms with Crippen LogP contribution in [0.4, 0.5) is 0 Å². The first-order valence-electron chi connectivity index (χ1n) is 9.61. The van der Waals surface area contributed by atoms with Crippen molar-refractivity contribution in [2.24, 2.45) is 5.41 Å². The number of fused-ring (bicyclic) bond motifs is 1. The van der Waals surface area contributed by atoms with Gasteiger partial charge in [0, 0.05) is 0 Å². The van der Waals surface area contributed by atoms with Gasteiger partial charge in [-0.05, 0) is 53.9 Å². The van der Waals surface area contributed by atoms with Gasteiger partial charge in [-0.25, -0.2) is 0 Å². The molecule has 3 atom stereocenters. The molecule has 0 N–H and O–H groups in total. The van der Waals surface area contributed by atoms with E-state index in [1.807, 2.05) is 0 Å². The molecule has 0 bridgehead atoms. The van der Waals surface area contributed by atoms with Gasteiger partial charge in [0.15, 0.2) is 0 Å². The molecular weight excluding hydrogens is 312 g/mol. The smallest absolute Gasteiger partial charge is 0.0815 e. The Morgan fingerprint density at radius 1 is 0.760 bits per heavy atom. The highest BCUT2D eigenvalue weighted by molar-refractivity contribution is 5.85. The molecule has 2 aromatic rings. The van der Waals surface area contributed by atoms with Crippen LogP contribution in [0.1, 0.15) is 31.2 Å². The second kappa shape index (κ2) is 6.39. The summed E-state index contributed by atoms with van der Waals surface area (Å²) in [6.45, 7) is 2.81. The third kappa shape index (κ3) is 3.89. The van der Waals surface area contributed by atoms with E-state index in [1.54, 1.807) is 0 Å². The molecule has 3 saturated heterocycles. The Morgan fingerprint density at radius 2 is 1.32 bits per heavy atom. The number of rotatable bonds is 9. The van der Waals surface area contributed by atoms with Crippen LogP contribution in [0.15, 0.2) is 42.5 Å². The van der Waals surface area contributed by atoms with E-state index in [4.69, 9.17) is 14.2 Å². The van der Waals surface area contributed by atoms with Crippen LogP contribution in [0, 0.1) is 5.41 Å². The number of benzene rings is 2. The van der Waals surface area contributed by atoms with Gasteiger partial charge in [0.2, 0.25) is 0 Å². The van der Waals surface area contributed by atoms with Gasteiger partial charge in [0.05, 0.1) is 38.1 Å². The molecule has 132 valence electrons. The monoisotopic (exact) mass is 338 g/mol. The fourth-order valence-corrected chi connectivity index (χ4v) is 4.47. The van der Waals surface area contributed by atoms with E-state index in [-0.39, 0.29) is 0 Å². The highest BCUT2D eigenvalue weighted by atomic mass is 16.6. The maximum atomic E-state index is 5.61. The minimum Gasteiger partial charge on any atom is -0.373 e. The van der Waals surface area contributed by atoms with Gasteiger partial charge in [-0.2, -0.15) is 0 Å². The second-order valence-corrected chi connectivity index (χ2v) is 8.12. The second-order valence-electron chi connectivity index (χ2n) is 8.12. The van der Waals surface area contributed by atoms with Gasteiger partial charge in [-0.15, -0.1) is 0 Å². The standard InChI is InChI=1S/C22H26O3/c1-2-7-21-16(4-1)5-3-6-17(21)8-9-22(10-18-13-23-18,11-19-14-24-19)12-20-15-25-20/h1-7,18-20H,8-15H2. The summed E-state index contributed by atoms with van der Waals surface area (Å²) in [7, 11) is 0. The zero-order chi connectivity index (χ0) is 16.7. The molecule has 3 heteroatoms. The maximum Gasteiger partial charge on any atom is 0.0815 e. The van der Waals surface area contributed by atoms with Crippen molar-refractivity contribution < 1.29 is 14.2 Å². The summed E-state index contributed by atoms with van der Waals surface area (Å²) in [6.07, 6.45) is 7.20. The predicted molar refractivity (Wildman–Crippen MR) is 97.8 cm³/mol. The Morgan fingerprint density at radius 3 is 1.92 bits per heavy atom. The van der Waals surface area contributed by atoms with E-state index in [2.05, 4.69) is 42.5 Å². The third-order valence-corrected chi connectivity index (χ3v) is 5.99. The van der Waals surface area contributed by atoms with Gasteiger partial charge in [0.25, 0.3) is 0 Å². The van der Waals surface area contributed by atoms with Crippen LogP contribution in [-0.4, -0.2) is 38.1 Å². The zero-order valence-electron chi connectivity index (χ0n) is 14.7. The molecule has 5 rings (SSSR count). The number of epoxide rings is 3. The molecule has 3 unspecified atom stereocenters. The summed E-state index contributed by atoms with van der Waals surface area (Å²) in [4.78, 5) is 0. The lowest BCUT2D eigenvalue weighted by molar-refractivity contribution is 0.142. The van der Waals surface area contributed by atoms with Gasteiger partial charge in [-0.1, -0.05) is 42.5 Å². The van der Waals surface area contributed by atoms with Crippen molar-refractivity contribution in [1.29, 1.82) is 0 Å². The van der Waals surface area contributed by atoms with E-state index in [1.165, 1.54) is 22.8 Å². The topological polar surface area (TPSA) is 37.6 Å². The fourth-order valence-electron chi connectivity index (χ4n) is 4.47. The Hall–Kier alpha value is -1.42. The van der Waals surface area contributed by atoms with Crippen molar-refractivity contribution in [1.82, 2.24) is 0 Å². The van der Waals surface area contributed by atoms with Crippen molar-refractivity contribution in [3.63, 3.8) is 0 Å². The van der Waals surface area contributed by atoms with Crippen molar-refractivity contribution in [3.05, 3.63) is 48.0 Å². The maximum absolute atomic E-state index is 5.61. The van der Waals surface area contributed by atoms with Crippen LogP contribution in [0.3, 0.4) is 0 Å². The Bertz CT molecular complexity index is 702. The lowest BCUT2D eigenvalue weighted by Crippen LogP contribution is -2.28. The number of hydrogen-bond acceptors (Lipinski definition) is 3. The molecule has 0 aromatic heterocycles. The van der Waals surface area contributed by atoms with Gasteiger partial charge >= 0.3 is 0 Å². The number of aryl methyl sites for hydroxylation is 1. The highest BCUT2D eigenvalue weighted by Gasteiger charge is 2.45. The summed E-state index contributed by atoms with van der Waals surface area (Å²) in [5.74, 6) is 0. The lowest BCUT2D eigenvalue weighted by atomic mass is 9.71. The summed E-state index contributed by atoms with van der Waals surface area (Å²) in [6, 6.07) is 15.4. The summed E-state index contributed by atoms with van der Waals surface area (Å²) < 4.78 is 16.8.